The first kappa shape index (κ1) is 20.0. The summed E-state index contributed by atoms with van der Waals surface area (Å²) < 4.78 is 12.5. The molecule has 0 bridgehead atoms. The van der Waals surface area contributed by atoms with E-state index in [4.69, 9.17) is 9.47 Å². The summed E-state index contributed by atoms with van der Waals surface area (Å²) >= 11 is 1.51. The number of rotatable bonds is 5. The van der Waals surface area contributed by atoms with E-state index in [0.717, 1.165) is 28.5 Å². The summed E-state index contributed by atoms with van der Waals surface area (Å²) in [5, 5.41) is 15.4. The van der Waals surface area contributed by atoms with Crippen molar-refractivity contribution >= 4 is 16.3 Å². The summed E-state index contributed by atoms with van der Waals surface area (Å²) in [6.07, 6.45) is 1.24. The van der Waals surface area contributed by atoms with Gasteiger partial charge in [-0.05, 0) is 31.5 Å². The van der Waals surface area contributed by atoms with E-state index < -0.39 is 0 Å². The third kappa shape index (κ3) is 3.67. The van der Waals surface area contributed by atoms with Gasteiger partial charge in [0, 0.05) is 17.4 Å². The Hall–Kier alpha value is -2.32. The van der Waals surface area contributed by atoms with Crippen molar-refractivity contribution in [1.29, 1.82) is 0 Å². The van der Waals surface area contributed by atoms with Crippen LogP contribution < -0.4 is 14.4 Å². The first-order chi connectivity index (χ1) is 13.9. The van der Waals surface area contributed by atoms with E-state index in [1.165, 1.54) is 22.7 Å². The third-order valence-corrected chi connectivity index (χ3v) is 6.83. The average Bonchev–Trinajstić information content (AvgIpc) is 3.18. The van der Waals surface area contributed by atoms with Gasteiger partial charge in [-0.15, -0.1) is 5.10 Å². The van der Waals surface area contributed by atoms with Gasteiger partial charge in [0.2, 0.25) is 10.8 Å². The smallest absolute Gasteiger partial charge is 0.235 e. The molecule has 1 aliphatic heterocycles. The van der Waals surface area contributed by atoms with E-state index in [1.807, 2.05) is 19.1 Å². The van der Waals surface area contributed by atoms with E-state index in [0.29, 0.717) is 29.2 Å². The molecule has 29 heavy (non-hydrogen) atoms. The van der Waals surface area contributed by atoms with Crippen molar-refractivity contribution < 1.29 is 19.5 Å². The number of hydrogen-bond acceptors (Lipinski definition) is 6. The van der Waals surface area contributed by atoms with Crippen molar-refractivity contribution in [2.75, 3.05) is 27.3 Å². The number of aromatic nitrogens is 3. The minimum absolute atomic E-state index is 0.0196. The number of quaternary nitrogens is 1. The van der Waals surface area contributed by atoms with E-state index in [9.17, 15) is 5.11 Å². The number of methoxy groups -OCH3 is 2. The van der Waals surface area contributed by atoms with Gasteiger partial charge in [0.15, 0.2) is 17.5 Å². The van der Waals surface area contributed by atoms with Crippen LogP contribution in [0.1, 0.15) is 42.6 Å². The predicted molar refractivity (Wildman–Crippen MR) is 112 cm³/mol. The van der Waals surface area contributed by atoms with E-state index in [1.54, 1.807) is 18.7 Å². The summed E-state index contributed by atoms with van der Waals surface area (Å²) in [5.74, 6) is 3.50. The van der Waals surface area contributed by atoms with Crippen molar-refractivity contribution in [3.05, 3.63) is 34.5 Å². The fraction of sp³-hybridized carbons (Fsp3) is 0.524. The number of hydrogen-bond donors (Lipinski definition) is 2. The van der Waals surface area contributed by atoms with Crippen LogP contribution in [-0.4, -0.2) is 47.0 Å². The van der Waals surface area contributed by atoms with Gasteiger partial charge in [-0.25, -0.2) is 4.98 Å². The van der Waals surface area contributed by atoms with Crippen molar-refractivity contribution in [2.45, 2.75) is 33.2 Å². The third-order valence-electron chi connectivity index (χ3n) is 5.74. The minimum Gasteiger partial charge on any atom is -0.493 e. The average molecular weight is 418 g/mol. The molecule has 1 saturated heterocycles. The number of nitrogens with one attached hydrogen (secondary N) is 1. The highest BCUT2D eigenvalue weighted by Gasteiger charge is 2.37. The Bertz CT molecular complexity index is 1000. The monoisotopic (exact) mass is 417 g/mol. The van der Waals surface area contributed by atoms with Crippen molar-refractivity contribution in [3.63, 3.8) is 0 Å². The van der Waals surface area contributed by atoms with Gasteiger partial charge in [-0.3, -0.25) is 0 Å². The van der Waals surface area contributed by atoms with Crippen LogP contribution in [0, 0.1) is 18.8 Å². The predicted octanol–water partition coefficient (Wildman–Crippen LogP) is 2.47. The van der Waals surface area contributed by atoms with Crippen molar-refractivity contribution in [2.24, 2.45) is 11.8 Å². The lowest BCUT2D eigenvalue weighted by atomic mass is 9.89. The molecular weight excluding hydrogens is 388 g/mol. The molecule has 1 aromatic carbocycles. The molecule has 7 nitrogen and oxygen atoms in total. The minimum atomic E-state index is -0.0196. The highest BCUT2D eigenvalue weighted by atomic mass is 32.1. The molecule has 8 heteroatoms. The number of aryl methyl sites for hydroxylation is 1. The van der Waals surface area contributed by atoms with Gasteiger partial charge in [0.05, 0.1) is 27.3 Å². The summed E-state index contributed by atoms with van der Waals surface area (Å²) in [6.45, 7) is 8.56. The molecule has 4 rings (SSSR count). The largest absolute Gasteiger partial charge is 0.493 e. The lowest BCUT2D eigenvalue weighted by Gasteiger charge is -2.37. The first-order valence-electron chi connectivity index (χ1n) is 10.0. The Labute approximate surface area is 174 Å². The molecule has 3 heterocycles. The van der Waals surface area contributed by atoms with Gasteiger partial charge < -0.3 is 19.5 Å². The second-order valence-electron chi connectivity index (χ2n) is 8.20. The van der Waals surface area contributed by atoms with Crippen LogP contribution >= 0.6 is 11.3 Å². The van der Waals surface area contributed by atoms with Crippen LogP contribution in [0.15, 0.2) is 18.2 Å². The Morgan fingerprint density at radius 3 is 2.48 bits per heavy atom. The molecule has 2 N–H and O–H groups in total. The molecule has 0 radical (unpaired) electrons. The lowest BCUT2D eigenvalue weighted by Crippen LogP contribution is -3.14. The van der Waals surface area contributed by atoms with Crippen LogP contribution in [0.25, 0.3) is 4.96 Å². The number of aromatic hydroxyl groups is 1. The molecule has 0 saturated carbocycles. The van der Waals surface area contributed by atoms with Crippen LogP contribution in [0.4, 0.5) is 0 Å². The fourth-order valence-electron chi connectivity index (χ4n) is 4.71. The fourth-order valence-corrected chi connectivity index (χ4v) is 5.90. The Morgan fingerprint density at radius 2 is 1.86 bits per heavy atom. The van der Waals surface area contributed by atoms with Crippen LogP contribution in [0.2, 0.25) is 0 Å². The van der Waals surface area contributed by atoms with E-state index >= 15 is 0 Å². The van der Waals surface area contributed by atoms with Crippen molar-refractivity contribution in [1.82, 2.24) is 14.6 Å². The molecule has 156 valence electrons. The second-order valence-corrected chi connectivity index (χ2v) is 9.21. The quantitative estimate of drug-likeness (QED) is 0.667. The molecule has 3 atom stereocenters. The zero-order valence-corrected chi connectivity index (χ0v) is 18.4. The second kappa shape index (κ2) is 7.84. The number of fused-ring (bicyclic) bond motifs is 1. The lowest BCUT2D eigenvalue weighted by molar-refractivity contribution is -0.936. The molecule has 3 aromatic rings. The van der Waals surface area contributed by atoms with Crippen LogP contribution in [-0.2, 0) is 0 Å². The highest BCUT2D eigenvalue weighted by molar-refractivity contribution is 7.17. The van der Waals surface area contributed by atoms with Crippen molar-refractivity contribution in [3.8, 4) is 17.4 Å². The molecule has 0 unspecified atom stereocenters. The molecule has 2 aromatic heterocycles. The number of benzene rings is 1. The normalized spacial score (nSPS) is 23.3. The van der Waals surface area contributed by atoms with E-state index in [2.05, 4.69) is 30.0 Å². The number of nitrogens with zero attached hydrogens (tertiary/aromatic N) is 3. The summed E-state index contributed by atoms with van der Waals surface area (Å²) in [7, 11) is 3.29. The standard InChI is InChI=1S/C21H28N4O3S/c1-12-8-13(2)11-24(10-12)18(15-6-7-16(27-4)17(9-15)28-5)19-20(26)25-21(29-19)22-14(3)23-25/h6-7,9,12-13,18,26H,8,10-11H2,1-5H3/p+1/t12-,13-,18-/m0/s1. The molecule has 1 fully saturated rings. The van der Waals surface area contributed by atoms with Gasteiger partial charge in [-0.2, -0.15) is 4.52 Å². The molecule has 1 aliphatic rings. The Balaban J connectivity index is 1.85. The van der Waals surface area contributed by atoms with Crippen LogP contribution in [0.5, 0.6) is 17.4 Å². The number of ether oxygens (including phenoxy) is 2. The molecule has 0 amide bonds. The maximum absolute atomic E-state index is 11.0. The van der Waals surface area contributed by atoms with Crippen LogP contribution in [0.3, 0.4) is 0 Å². The Kier molecular flexibility index (Phi) is 5.40. The summed E-state index contributed by atoms with van der Waals surface area (Å²) in [6, 6.07) is 6.02. The summed E-state index contributed by atoms with van der Waals surface area (Å²) in [5.41, 5.74) is 1.09. The molecule has 0 aliphatic carbocycles. The highest BCUT2D eigenvalue weighted by Crippen LogP contribution is 2.38. The summed E-state index contributed by atoms with van der Waals surface area (Å²) in [4.78, 5) is 7.52. The van der Waals surface area contributed by atoms with Gasteiger partial charge in [0.1, 0.15) is 10.7 Å². The van der Waals surface area contributed by atoms with Gasteiger partial charge in [-0.1, -0.05) is 25.2 Å². The Morgan fingerprint density at radius 1 is 1.17 bits per heavy atom. The topological polar surface area (TPSA) is 73.3 Å². The first-order valence-corrected chi connectivity index (χ1v) is 10.8. The van der Waals surface area contributed by atoms with E-state index in [-0.39, 0.29) is 11.9 Å². The molecular formula is C21H29N4O3S+. The zero-order chi connectivity index (χ0) is 20.7. The van der Waals surface area contributed by atoms with Gasteiger partial charge in [0.25, 0.3) is 0 Å². The maximum atomic E-state index is 11.0. The SMILES string of the molecule is COc1ccc([C@@H](c2sc3nc(C)nn3c2O)[NH+]2C[C@@H](C)C[C@H](C)C2)cc1OC. The maximum Gasteiger partial charge on any atom is 0.235 e. The van der Waals surface area contributed by atoms with Gasteiger partial charge >= 0.3 is 0 Å². The number of likely N-dealkylation sites (tertiary alicyclic amines) is 1. The number of piperidine rings is 1. The zero-order valence-electron chi connectivity index (χ0n) is 17.6. The molecule has 0 spiro atoms. The number of thiazole rings is 1.